The molecule has 0 aliphatic rings. The van der Waals surface area contributed by atoms with Crippen molar-refractivity contribution >= 4 is 0 Å². The molecule has 15 heavy (non-hydrogen) atoms. The first-order chi connectivity index (χ1) is 6.67. The first-order valence-electron chi connectivity index (χ1n) is 5.03. The fourth-order valence-corrected chi connectivity index (χ4v) is 1.52. The fourth-order valence-electron chi connectivity index (χ4n) is 1.52. The van der Waals surface area contributed by atoms with Gasteiger partial charge in [0.2, 0.25) is 0 Å². The maximum absolute atomic E-state index is 13.2. The maximum Gasteiger partial charge on any atom is 0.0168 e. The molecule has 0 radical (unpaired) electrons. The minimum absolute atomic E-state index is 0. The van der Waals surface area contributed by atoms with E-state index in [1.807, 2.05) is 0 Å². The summed E-state index contributed by atoms with van der Waals surface area (Å²) in [6.45, 7) is 4.17. The molecule has 1 aromatic carbocycles. The average molecular weight is 245 g/mol. The maximum atomic E-state index is 13.2. The van der Waals surface area contributed by atoms with Gasteiger partial charge in [-0.15, -0.1) is 17.7 Å². The van der Waals surface area contributed by atoms with Crippen molar-refractivity contribution in [2.24, 2.45) is 5.92 Å². The fraction of sp³-hybridized carbons (Fsp3) is 0.500. The Labute approximate surface area is 105 Å². The molecule has 0 saturated carbocycles. The van der Waals surface area contributed by atoms with Crippen LogP contribution in [0.15, 0.2) is 12.1 Å². The molecule has 0 atom stereocenters. The van der Waals surface area contributed by atoms with E-state index in [4.69, 9.17) is 0 Å². The van der Waals surface area contributed by atoms with E-state index in [1.165, 1.54) is 12.1 Å². The summed E-state index contributed by atoms with van der Waals surface area (Å²) in [6.07, 6.45) is 2.72. The van der Waals surface area contributed by atoms with Crippen molar-refractivity contribution in [2.75, 3.05) is 0 Å². The summed E-state index contributed by atoms with van der Waals surface area (Å²) < 4.78 is 25.7. The van der Waals surface area contributed by atoms with E-state index in [2.05, 4.69) is 19.9 Å². The summed E-state index contributed by atoms with van der Waals surface area (Å²) in [5, 5.41) is 0. The monoisotopic (exact) mass is 245 g/mol. The van der Waals surface area contributed by atoms with E-state index < -0.39 is 11.6 Å². The molecule has 0 amide bonds. The zero-order valence-corrected chi connectivity index (χ0v) is 10.7. The Morgan fingerprint density at radius 2 is 1.80 bits per heavy atom. The van der Waals surface area contributed by atoms with Crippen LogP contribution in [0.4, 0.5) is 8.78 Å². The molecule has 0 aliphatic carbocycles. The van der Waals surface area contributed by atoms with Gasteiger partial charge in [0.05, 0.1) is 0 Å². The Bertz CT molecular complexity index is 296. The van der Waals surface area contributed by atoms with E-state index in [9.17, 15) is 8.78 Å². The summed E-state index contributed by atoms with van der Waals surface area (Å²) in [5.74, 6) is -0.698. The van der Waals surface area contributed by atoms with E-state index in [0.29, 0.717) is 17.9 Å². The van der Waals surface area contributed by atoms with Crippen molar-refractivity contribution in [3.8, 4) is 0 Å². The number of hydrogen-bond donors (Lipinski definition) is 0. The molecule has 3 heteroatoms. The number of halogens is 2. The zero-order chi connectivity index (χ0) is 10.6. The SMILES string of the molecule is CCC(CC)Cc1ccc(F)[c-]c1F.[Ti]. The molecule has 0 N–H and O–H groups in total. The van der Waals surface area contributed by atoms with Crippen LogP contribution in [0.2, 0.25) is 0 Å². The molecule has 0 aromatic heterocycles. The molecule has 1 rings (SSSR count). The molecule has 0 fully saturated rings. The normalized spacial score (nSPS) is 10.2. The number of rotatable bonds is 4. The third kappa shape index (κ3) is 4.44. The molecule has 0 bridgehead atoms. The predicted octanol–water partition coefficient (Wildman–Crippen LogP) is 3.74. The van der Waals surface area contributed by atoms with Crippen LogP contribution in [0.3, 0.4) is 0 Å². The topological polar surface area (TPSA) is 0 Å². The number of hydrogen-bond acceptors (Lipinski definition) is 0. The van der Waals surface area contributed by atoms with Crippen molar-refractivity contribution in [3.05, 3.63) is 35.4 Å². The van der Waals surface area contributed by atoms with Crippen molar-refractivity contribution in [3.63, 3.8) is 0 Å². The van der Waals surface area contributed by atoms with Gasteiger partial charge in [-0.1, -0.05) is 33.1 Å². The number of benzene rings is 1. The third-order valence-corrected chi connectivity index (χ3v) is 2.61. The van der Waals surface area contributed by atoms with E-state index in [0.717, 1.165) is 12.8 Å². The largest absolute Gasteiger partial charge is 0.236 e. The summed E-state index contributed by atoms with van der Waals surface area (Å²) in [4.78, 5) is 0. The van der Waals surface area contributed by atoms with Gasteiger partial charge in [0.25, 0.3) is 0 Å². The van der Waals surface area contributed by atoms with Gasteiger partial charge in [0.1, 0.15) is 0 Å². The molecule has 0 aliphatic heterocycles. The van der Waals surface area contributed by atoms with Gasteiger partial charge in [-0.2, -0.15) is 6.07 Å². The first-order valence-corrected chi connectivity index (χ1v) is 5.03. The van der Waals surface area contributed by atoms with Crippen molar-refractivity contribution in [2.45, 2.75) is 33.1 Å². The Morgan fingerprint density at radius 1 is 1.20 bits per heavy atom. The van der Waals surface area contributed by atoms with Crippen LogP contribution in [0.1, 0.15) is 32.3 Å². The van der Waals surface area contributed by atoms with Crippen molar-refractivity contribution in [1.82, 2.24) is 0 Å². The minimum Gasteiger partial charge on any atom is -0.236 e. The summed E-state index contributed by atoms with van der Waals surface area (Å²) in [5.41, 5.74) is 0.570. The molecule has 82 valence electrons. The van der Waals surface area contributed by atoms with Crippen LogP contribution in [0, 0.1) is 23.6 Å². The molecule has 0 nitrogen and oxygen atoms in total. The Balaban J connectivity index is 0.00000196. The quantitative estimate of drug-likeness (QED) is 0.560. The zero-order valence-electron chi connectivity index (χ0n) is 9.11. The van der Waals surface area contributed by atoms with Crippen LogP contribution in [-0.2, 0) is 28.1 Å². The van der Waals surface area contributed by atoms with Crippen molar-refractivity contribution in [1.29, 1.82) is 0 Å². The molecule has 0 unspecified atom stereocenters. The van der Waals surface area contributed by atoms with Gasteiger partial charge in [-0.25, -0.2) is 8.78 Å². The Kier molecular flexibility index (Phi) is 7.03. The standard InChI is InChI=1S/C12H15F2.Ti/c1-3-9(4-2)7-10-5-6-11(13)8-12(10)14;/h5-6,9H,3-4,7H2,1-2H3;/q-1;. The molecule has 1 aromatic rings. The molecule has 0 spiro atoms. The van der Waals surface area contributed by atoms with Gasteiger partial charge in [0.15, 0.2) is 0 Å². The van der Waals surface area contributed by atoms with Crippen LogP contribution in [0.5, 0.6) is 0 Å². The van der Waals surface area contributed by atoms with Crippen LogP contribution in [-0.4, -0.2) is 0 Å². The van der Waals surface area contributed by atoms with Crippen LogP contribution >= 0.6 is 0 Å². The summed E-state index contributed by atoms with van der Waals surface area (Å²) in [6, 6.07) is 4.84. The van der Waals surface area contributed by atoms with Gasteiger partial charge in [-0.3, -0.25) is 0 Å². The second kappa shape index (κ2) is 7.13. The molecular weight excluding hydrogens is 230 g/mol. The molecule has 0 saturated heterocycles. The van der Waals surface area contributed by atoms with E-state index in [1.54, 1.807) is 0 Å². The van der Waals surface area contributed by atoms with Gasteiger partial charge < -0.3 is 0 Å². The first kappa shape index (κ1) is 14.8. The second-order valence-electron chi connectivity index (χ2n) is 3.53. The Morgan fingerprint density at radius 3 is 2.27 bits per heavy atom. The third-order valence-electron chi connectivity index (χ3n) is 2.61. The van der Waals surface area contributed by atoms with Gasteiger partial charge in [0, 0.05) is 33.4 Å². The predicted molar refractivity (Wildman–Crippen MR) is 53.0 cm³/mol. The van der Waals surface area contributed by atoms with Gasteiger partial charge >= 0.3 is 0 Å². The van der Waals surface area contributed by atoms with E-state index in [-0.39, 0.29) is 21.7 Å². The van der Waals surface area contributed by atoms with Gasteiger partial charge in [-0.05, 0) is 5.92 Å². The summed E-state index contributed by atoms with van der Waals surface area (Å²) >= 11 is 0. The molecule has 0 heterocycles. The average Bonchev–Trinajstić information content (AvgIpc) is 2.17. The molecular formula is C12H15F2Ti-. The van der Waals surface area contributed by atoms with Crippen molar-refractivity contribution < 1.29 is 30.5 Å². The Hall–Kier alpha value is -0.206. The van der Waals surface area contributed by atoms with E-state index >= 15 is 0 Å². The van der Waals surface area contributed by atoms with Crippen LogP contribution < -0.4 is 0 Å². The minimum atomic E-state index is -0.629. The second-order valence-corrected chi connectivity index (χ2v) is 3.53. The smallest absolute Gasteiger partial charge is 0.0168 e. The van der Waals surface area contributed by atoms with Crippen LogP contribution in [0.25, 0.3) is 0 Å². The summed E-state index contributed by atoms with van der Waals surface area (Å²) in [7, 11) is 0.